The van der Waals surface area contributed by atoms with E-state index in [-0.39, 0.29) is 0 Å². The molecular formula is C11H13BrClN. The summed E-state index contributed by atoms with van der Waals surface area (Å²) in [5.74, 6) is 0.699. The van der Waals surface area contributed by atoms with E-state index in [9.17, 15) is 0 Å². The van der Waals surface area contributed by atoms with E-state index in [1.807, 2.05) is 6.07 Å². The van der Waals surface area contributed by atoms with Crippen LogP contribution in [-0.2, 0) is 0 Å². The van der Waals surface area contributed by atoms with E-state index in [4.69, 9.17) is 11.6 Å². The summed E-state index contributed by atoms with van der Waals surface area (Å²) in [5, 5.41) is 4.17. The molecule has 1 heterocycles. The quantitative estimate of drug-likeness (QED) is 0.825. The van der Waals surface area contributed by atoms with Crippen LogP contribution in [0.1, 0.15) is 24.3 Å². The Balaban J connectivity index is 2.18. The van der Waals surface area contributed by atoms with E-state index in [0.29, 0.717) is 5.92 Å². The van der Waals surface area contributed by atoms with Crippen molar-refractivity contribution in [2.75, 3.05) is 13.1 Å². The molecule has 1 nitrogen and oxygen atoms in total. The molecule has 14 heavy (non-hydrogen) atoms. The minimum Gasteiger partial charge on any atom is -0.317 e. The molecule has 1 saturated heterocycles. The van der Waals surface area contributed by atoms with Crippen LogP contribution in [-0.4, -0.2) is 13.1 Å². The Labute approximate surface area is 98.0 Å². The highest BCUT2D eigenvalue weighted by Crippen LogP contribution is 2.30. The maximum Gasteiger partial charge on any atom is 0.0548 e. The van der Waals surface area contributed by atoms with Gasteiger partial charge in [-0.2, -0.15) is 0 Å². The predicted octanol–water partition coefficient (Wildman–Crippen LogP) is 3.57. The Hall–Kier alpha value is -0.0500. The van der Waals surface area contributed by atoms with Crippen molar-refractivity contribution in [2.45, 2.75) is 18.8 Å². The van der Waals surface area contributed by atoms with Gasteiger partial charge in [0, 0.05) is 4.47 Å². The molecular weight excluding hydrogens is 261 g/mol. The van der Waals surface area contributed by atoms with Gasteiger partial charge < -0.3 is 5.32 Å². The second-order valence-corrected chi connectivity index (χ2v) is 4.96. The first-order valence-electron chi connectivity index (χ1n) is 4.93. The topological polar surface area (TPSA) is 12.0 Å². The SMILES string of the molecule is Clc1ccc(C2CCNCC2)cc1Br. The molecule has 0 aromatic heterocycles. The van der Waals surface area contributed by atoms with Crippen molar-refractivity contribution in [3.63, 3.8) is 0 Å². The zero-order valence-corrected chi connectivity index (χ0v) is 10.2. The minimum absolute atomic E-state index is 0.699. The van der Waals surface area contributed by atoms with E-state index in [2.05, 4.69) is 33.4 Å². The van der Waals surface area contributed by atoms with Crippen LogP contribution in [0.25, 0.3) is 0 Å². The van der Waals surface area contributed by atoms with E-state index >= 15 is 0 Å². The molecule has 0 atom stereocenters. The third-order valence-corrected chi connectivity index (χ3v) is 3.97. The third-order valence-electron chi connectivity index (χ3n) is 2.75. The van der Waals surface area contributed by atoms with Gasteiger partial charge in [-0.25, -0.2) is 0 Å². The van der Waals surface area contributed by atoms with Crippen LogP contribution < -0.4 is 5.32 Å². The largest absolute Gasteiger partial charge is 0.317 e. The van der Waals surface area contributed by atoms with Gasteiger partial charge in [-0.15, -0.1) is 0 Å². The zero-order chi connectivity index (χ0) is 9.97. The normalized spacial score (nSPS) is 18.4. The van der Waals surface area contributed by atoms with Crippen molar-refractivity contribution in [1.82, 2.24) is 5.32 Å². The summed E-state index contributed by atoms with van der Waals surface area (Å²) in [7, 11) is 0. The number of nitrogens with one attached hydrogen (secondary N) is 1. The summed E-state index contributed by atoms with van der Waals surface area (Å²) in [4.78, 5) is 0. The first-order valence-corrected chi connectivity index (χ1v) is 6.10. The van der Waals surface area contributed by atoms with Crippen molar-refractivity contribution in [3.05, 3.63) is 33.3 Å². The Kier molecular flexibility index (Phi) is 3.47. The summed E-state index contributed by atoms with van der Waals surface area (Å²) in [6.07, 6.45) is 2.46. The molecule has 0 amide bonds. The summed E-state index contributed by atoms with van der Waals surface area (Å²) in [6, 6.07) is 6.27. The van der Waals surface area contributed by atoms with Crippen molar-refractivity contribution in [1.29, 1.82) is 0 Å². The molecule has 1 aromatic carbocycles. The fraction of sp³-hybridized carbons (Fsp3) is 0.455. The van der Waals surface area contributed by atoms with Crippen LogP contribution in [0.3, 0.4) is 0 Å². The highest BCUT2D eigenvalue weighted by atomic mass is 79.9. The van der Waals surface area contributed by atoms with Crippen LogP contribution in [0.5, 0.6) is 0 Å². The average Bonchev–Trinajstić information content (AvgIpc) is 2.23. The fourth-order valence-electron chi connectivity index (χ4n) is 1.92. The summed E-state index contributed by atoms with van der Waals surface area (Å²) >= 11 is 9.43. The molecule has 1 N–H and O–H groups in total. The number of hydrogen-bond donors (Lipinski definition) is 1. The standard InChI is InChI=1S/C11H13BrClN/c12-10-7-9(1-2-11(10)13)8-3-5-14-6-4-8/h1-2,7-8,14H,3-6H2. The maximum absolute atomic E-state index is 5.96. The molecule has 0 bridgehead atoms. The molecule has 3 heteroatoms. The number of hydrogen-bond acceptors (Lipinski definition) is 1. The van der Waals surface area contributed by atoms with Crippen molar-refractivity contribution >= 4 is 27.5 Å². The maximum atomic E-state index is 5.96. The van der Waals surface area contributed by atoms with Crippen LogP contribution in [0.4, 0.5) is 0 Å². The summed E-state index contributed by atoms with van der Waals surface area (Å²) in [5.41, 5.74) is 1.41. The minimum atomic E-state index is 0.699. The average molecular weight is 275 g/mol. The number of halogens is 2. The van der Waals surface area contributed by atoms with Gasteiger partial charge in [0.25, 0.3) is 0 Å². The van der Waals surface area contributed by atoms with E-state index in [1.165, 1.54) is 18.4 Å². The Bertz CT molecular complexity index is 321. The Morgan fingerprint density at radius 2 is 2.00 bits per heavy atom. The van der Waals surface area contributed by atoms with Crippen LogP contribution in [0.15, 0.2) is 22.7 Å². The van der Waals surface area contributed by atoms with Gasteiger partial charge in [0.2, 0.25) is 0 Å². The molecule has 1 fully saturated rings. The molecule has 0 aliphatic carbocycles. The van der Waals surface area contributed by atoms with Crippen molar-refractivity contribution in [3.8, 4) is 0 Å². The predicted molar refractivity (Wildman–Crippen MR) is 64.0 cm³/mol. The monoisotopic (exact) mass is 273 g/mol. The van der Waals surface area contributed by atoms with Gasteiger partial charge in [0.05, 0.1) is 5.02 Å². The lowest BCUT2D eigenvalue weighted by molar-refractivity contribution is 0.460. The molecule has 1 aliphatic rings. The van der Waals surface area contributed by atoms with Gasteiger partial charge >= 0.3 is 0 Å². The first kappa shape index (κ1) is 10.5. The molecule has 0 saturated carbocycles. The van der Waals surface area contributed by atoms with Crippen LogP contribution >= 0.6 is 27.5 Å². The Morgan fingerprint density at radius 3 is 2.64 bits per heavy atom. The van der Waals surface area contributed by atoms with Gasteiger partial charge in [-0.3, -0.25) is 0 Å². The first-order chi connectivity index (χ1) is 6.77. The van der Waals surface area contributed by atoms with Crippen molar-refractivity contribution < 1.29 is 0 Å². The van der Waals surface area contributed by atoms with Crippen molar-refractivity contribution in [2.24, 2.45) is 0 Å². The summed E-state index contributed by atoms with van der Waals surface area (Å²) in [6.45, 7) is 2.26. The van der Waals surface area contributed by atoms with E-state index < -0.39 is 0 Å². The van der Waals surface area contributed by atoms with Gasteiger partial charge in [0.15, 0.2) is 0 Å². The smallest absolute Gasteiger partial charge is 0.0548 e. The lowest BCUT2D eigenvalue weighted by Crippen LogP contribution is -2.26. The molecule has 2 rings (SSSR count). The molecule has 1 aliphatic heterocycles. The zero-order valence-electron chi connectivity index (χ0n) is 7.89. The molecule has 0 spiro atoms. The van der Waals surface area contributed by atoms with Crippen LogP contribution in [0.2, 0.25) is 5.02 Å². The highest BCUT2D eigenvalue weighted by molar-refractivity contribution is 9.10. The lowest BCUT2D eigenvalue weighted by atomic mass is 9.90. The van der Waals surface area contributed by atoms with Crippen LogP contribution in [0, 0.1) is 0 Å². The number of benzene rings is 1. The number of rotatable bonds is 1. The third kappa shape index (κ3) is 2.30. The van der Waals surface area contributed by atoms with Gasteiger partial charge in [-0.1, -0.05) is 17.7 Å². The molecule has 76 valence electrons. The lowest BCUT2D eigenvalue weighted by Gasteiger charge is -2.23. The summed E-state index contributed by atoms with van der Waals surface area (Å²) < 4.78 is 1.01. The van der Waals surface area contributed by atoms with Gasteiger partial charge in [0.1, 0.15) is 0 Å². The molecule has 0 radical (unpaired) electrons. The highest BCUT2D eigenvalue weighted by Gasteiger charge is 2.15. The van der Waals surface area contributed by atoms with Gasteiger partial charge in [-0.05, 0) is 65.5 Å². The van der Waals surface area contributed by atoms with E-state index in [0.717, 1.165) is 22.6 Å². The Morgan fingerprint density at radius 1 is 1.29 bits per heavy atom. The van der Waals surface area contributed by atoms with E-state index in [1.54, 1.807) is 0 Å². The fourth-order valence-corrected chi connectivity index (χ4v) is 2.44. The second-order valence-electron chi connectivity index (χ2n) is 3.70. The molecule has 0 unspecified atom stereocenters. The second kappa shape index (κ2) is 4.65. The molecule has 1 aromatic rings. The number of piperidine rings is 1.